The molecule has 158 valence electrons. The van der Waals surface area contributed by atoms with Crippen LogP contribution in [0.2, 0.25) is 0 Å². The second-order valence-electron chi connectivity index (χ2n) is 8.39. The van der Waals surface area contributed by atoms with Crippen LogP contribution >= 0.6 is 0 Å². The highest BCUT2D eigenvalue weighted by Crippen LogP contribution is 2.29. The summed E-state index contributed by atoms with van der Waals surface area (Å²) in [4.78, 5) is 14.9. The maximum atomic E-state index is 15.3. The molecule has 30 heavy (non-hydrogen) atoms. The third kappa shape index (κ3) is 4.30. The number of aryl methyl sites for hydroxylation is 1. The minimum absolute atomic E-state index is 0.184. The molecule has 0 unspecified atom stereocenters. The van der Waals surface area contributed by atoms with Crippen LogP contribution in [0.25, 0.3) is 22.2 Å². The first-order valence-electron chi connectivity index (χ1n) is 10.2. The lowest BCUT2D eigenvalue weighted by Gasteiger charge is -2.35. The summed E-state index contributed by atoms with van der Waals surface area (Å²) >= 11 is 0. The number of hydrogen-bond acceptors (Lipinski definition) is 6. The highest BCUT2D eigenvalue weighted by atomic mass is 19.1. The van der Waals surface area contributed by atoms with Gasteiger partial charge in [0.1, 0.15) is 5.69 Å². The molecule has 1 fully saturated rings. The maximum absolute atomic E-state index is 15.3. The van der Waals surface area contributed by atoms with E-state index in [4.69, 9.17) is 0 Å². The summed E-state index contributed by atoms with van der Waals surface area (Å²) in [5.41, 5.74) is 0.404. The summed E-state index contributed by atoms with van der Waals surface area (Å²) in [7, 11) is 1.80. The van der Waals surface area contributed by atoms with Gasteiger partial charge in [-0.05, 0) is 24.1 Å². The predicted molar refractivity (Wildman–Crippen MR) is 113 cm³/mol. The largest absolute Gasteiger partial charge is 0.306 e. The van der Waals surface area contributed by atoms with Crippen LogP contribution < -0.4 is 5.32 Å². The van der Waals surface area contributed by atoms with Crippen molar-refractivity contribution in [1.82, 2.24) is 30.1 Å². The number of carbonyl (C=O) groups excluding carboxylic acids is 1. The molecule has 1 saturated heterocycles. The van der Waals surface area contributed by atoms with Crippen LogP contribution in [0.4, 0.5) is 10.2 Å². The molecule has 1 aliphatic rings. The lowest BCUT2D eigenvalue weighted by Crippen LogP contribution is -2.49. The number of nitrogens with one attached hydrogen (secondary N) is 1. The van der Waals surface area contributed by atoms with Crippen molar-refractivity contribution in [1.29, 1.82) is 0 Å². The van der Waals surface area contributed by atoms with Crippen LogP contribution in [-0.4, -0.2) is 61.3 Å². The lowest BCUT2D eigenvalue weighted by molar-refractivity contribution is -0.130. The molecule has 4 rings (SSSR count). The van der Waals surface area contributed by atoms with E-state index in [0.29, 0.717) is 24.5 Å². The van der Waals surface area contributed by atoms with Crippen molar-refractivity contribution in [2.45, 2.75) is 32.4 Å². The first kappa shape index (κ1) is 20.3. The number of anilines is 1. The quantitative estimate of drug-likeness (QED) is 0.695. The average molecular weight is 411 g/mol. The fourth-order valence-electron chi connectivity index (χ4n) is 3.81. The minimum atomic E-state index is -1.88. The van der Waals surface area contributed by atoms with Gasteiger partial charge in [0.25, 0.3) is 5.91 Å². The van der Waals surface area contributed by atoms with Gasteiger partial charge in [-0.15, -0.1) is 15.3 Å². The van der Waals surface area contributed by atoms with E-state index in [0.717, 1.165) is 23.2 Å². The summed E-state index contributed by atoms with van der Waals surface area (Å²) in [5.74, 6) is 0.112. The summed E-state index contributed by atoms with van der Waals surface area (Å²) in [5, 5.41) is 19.7. The number of amides is 1. The van der Waals surface area contributed by atoms with Crippen molar-refractivity contribution in [2.24, 2.45) is 13.0 Å². The number of benzene rings is 1. The van der Waals surface area contributed by atoms with Crippen molar-refractivity contribution in [3.8, 4) is 11.3 Å². The fourth-order valence-corrected chi connectivity index (χ4v) is 3.81. The molecule has 1 N–H and O–H groups in total. The van der Waals surface area contributed by atoms with E-state index in [1.807, 2.05) is 24.4 Å². The van der Waals surface area contributed by atoms with E-state index in [1.54, 1.807) is 17.8 Å². The van der Waals surface area contributed by atoms with Crippen LogP contribution in [0.1, 0.15) is 26.7 Å². The molecule has 0 aliphatic carbocycles. The molecule has 8 nitrogen and oxygen atoms in total. The Morgan fingerprint density at radius 1 is 1.20 bits per heavy atom. The number of piperidine rings is 1. The van der Waals surface area contributed by atoms with Gasteiger partial charge >= 0.3 is 0 Å². The zero-order valence-corrected chi connectivity index (χ0v) is 17.5. The van der Waals surface area contributed by atoms with E-state index >= 15 is 4.39 Å². The van der Waals surface area contributed by atoms with Crippen LogP contribution in [0.15, 0.2) is 30.5 Å². The molecule has 0 bridgehead atoms. The van der Waals surface area contributed by atoms with E-state index in [9.17, 15) is 4.79 Å². The Hall–Kier alpha value is -2.94. The van der Waals surface area contributed by atoms with Crippen molar-refractivity contribution in [3.05, 3.63) is 30.5 Å². The summed E-state index contributed by atoms with van der Waals surface area (Å²) in [6.45, 7) is 6.35. The van der Waals surface area contributed by atoms with Crippen molar-refractivity contribution in [3.63, 3.8) is 0 Å². The SMILES string of the molecule is CC(C)CN1CCC(F)(C(=O)Nc2cc3cc(-c4cn(C)nn4)ccc3nn2)CC1. The van der Waals surface area contributed by atoms with E-state index in [1.165, 1.54) is 0 Å². The van der Waals surface area contributed by atoms with E-state index < -0.39 is 11.6 Å². The summed E-state index contributed by atoms with van der Waals surface area (Å²) in [6, 6.07) is 7.33. The van der Waals surface area contributed by atoms with Gasteiger partial charge in [-0.1, -0.05) is 25.1 Å². The van der Waals surface area contributed by atoms with Gasteiger partial charge in [-0.25, -0.2) is 4.39 Å². The highest BCUT2D eigenvalue weighted by Gasteiger charge is 2.41. The van der Waals surface area contributed by atoms with E-state index in [2.05, 4.69) is 44.6 Å². The maximum Gasteiger partial charge on any atom is 0.263 e. The van der Waals surface area contributed by atoms with Crippen LogP contribution in [0, 0.1) is 5.92 Å². The Kier molecular flexibility index (Phi) is 5.46. The summed E-state index contributed by atoms with van der Waals surface area (Å²) in [6.07, 6.45) is 2.18. The Labute approximate surface area is 174 Å². The van der Waals surface area contributed by atoms with Crippen LogP contribution in [0.3, 0.4) is 0 Å². The number of alkyl halides is 1. The molecular formula is C21H26FN7O. The van der Waals surface area contributed by atoms with Crippen molar-refractivity contribution < 1.29 is 9.18 Å². The standard InChI is InChI=1S/C21H26FN7O/c1-14(2)12-29-8-6-21(22,7-9-29)20(30)23-19-11-16-10-15(4-5-17(16)24-26-19)18-13-28(3)27-25-18/h4-5,10-11,13-14H,6-9,12H2,1-3H3,(H,23,26,30). The Balaban J connectivity index is 1.48. The second-order valence-corrected chi connectivity index (χ2v) is 8.39. The molecule has 0 spiro atoms. The third-order valence-electron chi connectivity index (χ3n) is 5.40. The zero-order valence-electron chi connectivity index (χ0n) is 17.5. The van der Waals surface area contributed by atoms with Gasteiger partial charge in [0.15, 0.2) is 11.5 Å². The monoisotopic (exact) mass is 411 g/mol. The summed E-state index contributed by atoms with van der Waals surface area (Å²) < 4.78 is 16.9. The molecule has 1 aromatic carbocycles. The molecule has 1 amide bonds. The van der Waals surface area contributed by atoms with Gasteiger partial charge in [0, 0.05) is 50.5 Å². The number of fused-ring (bicyclic) bond motifs is 1. The second kappa shape index (κ2) is 8.06. The van der Waals surface area contributed by atoms with Gasteiger partial charge < -0.3 is 10.2 Å². The molecule has 3 heterocycles. The van der Waals surface area contributed by atoms with Gasteiger partial charge in [0.05, 0.1) is 11.7 Å². The number of carbonyl (C=O) groups is 1. The van der Waals surface area contributed by atoms with Crippen LogP contribution in [-0.2, 0) is 11.8 Å². The van der Waals surface area contributed by atoms with Gasteiger partial charge in [-0.2, -0.15) is 0 Å². The molecule has 2 aromatic heterocycles. The Morgan fingerprint density at radius 2 is 1.97 bits per heavy atom. The van der Waals surface area contributed by atoms with Crippen LogP contribution in [0.5, 0.6) is 0 Å². The first-order chi connectivity index (χ1) is 14.3. The van der Waals surface area contributed by atoms with E-state index in [-0.39, 0.29) is 18.7 Å². The number of rotatable bonds is 5. The number of aromatic nitrogens is 5. The fraction of sp³-hybridized carbons (Fsp3) is 0.476. The number of hydrogen-bond donors (Lipinski definition) is 1. The molecule has 0 saturated carbocycles. The Morgan fingerprint density at radius 3 is 2.63 bits per heavy atom. The lowest BCUT2D eigenvalue weighted by atomic mass is 9.92. The average Bonchev–Trinajstić information content (AvgIpc) is 3.15. The third-order valence-corrected chi connectivity index (χ3v) is 5.40. The first-order valence-corrected chi connectivity index (χ1v) is 10.2. The van der Waals surface area contributed by atoms with Crippen molar-refractivity contribution in [2.75, 3.05) is 25.0 Å². The number of halogens is 1. The highest BCUT2D eigenvalue weighted by molar-refractivity contribution is 5.98. The van der Waals surface area contributed by atoms with Gasteiger partial charge in [0.2, 0.25) is 0 Å². The van der Waals surface area contributed by atoms with Gasteiger partial charge in [-0.3, -0.25) is 9.48 Å². The topological polar surface area (TPSA) is 88.8 Å². The smallest absolute Gasteiger partial charge is 0.263 e. The predicted octanol–water partition coefficient (Wildman–Crippen LogP) is 2.82. The number of likely N-dealkylation sites (tertiary alicyclic amines) is 1. The Bertz CT molecular complexity index is 1060. The molecule has 3 aromatic rings. The molecule has 9 heteroatoms. The molecule has 0 radical (unpaired) electrons. The van der Waals surface area contributed by atoms with Crippen molar-refractivity contribution >= 4 is 22.6 Å². The number of nitrogens with zero attached hydrogens (tertiary/aromatic N) is 6. The zero-order chi connectivity index (χ0) is 21.3. The molecule has 1 aliphatic heterocycles. The minimum Gasteiger partial charge on any atom is -0.306 e. The molecular weight excluding hydrogens is 385 g/mol. The molecule has 0 atom stereocenters. The normalized spacial score (nSPS) is 16.8.